The van der Waals surface area contributed by atoms with E-state index in [0.29, 0.717) is 17.0 Å². The van der Waals surface area contributed by atoms with Crippen molar-refractivity contribution in [2.24, 2.45) is 0 Å². The van der Waals surface area contributed by atoms with Crippen molar-refractivity contribution in [2.45, 2.75) is 13.0 Å². The summed E-state index contributed by atoms with van der Waals surface area (Å²) in [6.45, 7) is 1.74. The number of hydrogen-bond acceptors (Lipinski definition) is 4. The SMILES string of the molecule is CC1=C(C(=O)Nc2ccc3[nH]ncc3c2)C(c2cc(-c3ccccc3)cs2)NC(=O)N1. The van der Waals surface area contributed by atoms with Crippen LogP contribution in [0.5, 0.6) is 0 Å². The molecule has 8 heteroatoms. The first-order valence-electron chi connectivity index (χ1n) is 9.75. The number of carbonyl (C=O) groups is 2. The van der Waals surface area contributed by atoms with Crippen molar-refractivity contribution < 1.29 is 9.59 Å². The number of nitrogens with one attached hydrogen (secondary N) is 4. The summed E-state index contributed by atoms with van der Waals surface area (Å²) in [4.78, 5) is 26.3. The number of thiophene rings is 1. The van der Waals surface area contributed by atoms with Crippen LogP contribution >= 0.6 is 11.3 Å². The van der Waals surface area contributed by atoms with Gasteiger partial charge in [0.1, 0.15) is 0 Å². The van der Waals surface area contributed by atoms with Crippen LogP contribution in [0.4, 0.5) is 10.5 Å². The van der Waals surface area contributed by atoms with Crippen LogP contribution < -0.4 is 16.0 Å². The number of carbonyl (C=O) groups excluding carboxylic acids is 2. The van der Waals surface area contributed by atoms with E-state index >= 15 is 0 Å². The molecule has 31 heavy (non-hydrogen) atoms. The number of rotatable bonds is 4. The van der Waals surface area contributed by atoms with Crippen molar-refractivity contribution in [3.8, 4) is 11.1 Å². The molecule has 5 rings (SSSR count). The highest BCUT2D eigenvalue weighted by molar-refractivity contribution is 7.10. The largest absolute Gasteiger partial charge is 0.326 e. The fraction of sp³-hybridized carbons (Fsp3) is 0.0870. The maximum absolute atomic E-state index is 13.2. The standard InChI is InChI=1S/C23H19N5O2S/c1-13-20(22(29)26-17-7-8-18-15(9-17)11-24-28-18)21(27-23(30)25-13)19-10-16(12-31-19)14-5-3-2-4-6-14/h2-12,21H,1H3,(H,24,28)(H,26,29)(H2,25,27,30). The predicted molar refractivity (Wildman–Crippen MR) is 122 cm³/mol. The molecule has 0 bridgehead atoms. The Labute approximate surface area is 182 Å². The predicted octanol–water partition coefficient (Wildman–Crippen LogP) is 4.56. The molecule has 2 aromatic carbocycles. The highest BCUT2D eigenvalue weighted by Gasteiger charge is 2.32. The van der Waals surface area contributed by atoms with Crippen LogP contribution in [0, 0.1) is 0 Å². The second kappa shape index (κ2) is 7.73. The molecule has 7 nitrogen and oxygen atoms in total. The Hall–Kier alpha value is -3.91. The van der Waals surface area contributed by atoms with E-state index < -0.39 is 6.04 Å². The molecule has 0 aliphatic carbocycles. The maximum atomic E-state index is 13.2. The maximum Gasteiger partial charge on any atom is 0.319 e. The highest BCUT2D eigenvalue weighted by Crippen LogP contribution is 2.35. The summed E-state index contributed by atoms with van der Waals surface area (Å²) >= 11 is 1.52. The smallest absolute Gasteiger partial charge is 0.319 e. The first-order chi connectivity index (χ1) is 15.1. The molecule has 154 valence electrons. The Morgan fingerprint density at radius 3 is 2.77 bits per heavy atom. The molecule has 0 saturated carbocycles. The molecule has 1 atom stereocenters. The molecule has 1 aliphatic rings. The van der Waals surface area contributed by atoms with Gasteiger partial charge >= 0.3 is 6.03 Å². The van der Waals surface area contributed by atoms with Crippen molar-refractivity contribution in [3.63, 3.8) is 0 Å². The topological polar surface area (TPSA) is 98.9 Å². The first-order valence-corrected chi connectivity index (χ1v) is 10.6. The highest BCUT2D eigenvalue weighted by atomic mass is 32.1. The van der Waals surface area contributed by atoms with Gasteiger partial charge in [-0.05, 0) is 47.7 Å². The van der Waals surface area contributed by atoms with Crippen LogP contribution in [-0.4, -0.2) is 22.1 Å². The molecule has 0 spiro atoms. The minimum Gasteiger partial charge on any atom is -0.326 e. The van der Waals surface area contributed by atoms with Gasteiger partial charge in [-0.3, -0.25) is 9.89 Å². The van der Waals surface area contributed by atoms with Crippen molar-refractivity contribution in [1.82, 2.24) is 20.8 Å². The van der Waals surface area contributed by atoms with E-state index in [9.17, 15) is 9.59 Å². The van der Waals surface area contributed by atoms with Gasteiger partial charge in [0.15, 0.2) is 0 Å². The summed E-state index contributed by atoms with van der Waals surface area (Å²) in [5.74, 6) is -0.271. The summed E-state index contributed by atoms with van der Waals surface area (Å²) in [5, 5.41) is 18.4. The average Bonchev–Trinajstić information content (AvgIpc) is 3.43. The van der Waals surface area contributed by atoms with Gasteiger partial charge in [-0.2, -0.15) is 5.10 Å². The van der Waals surface area contributed by atoms with Crippen LogP contribution in [0.25, 0.3) is 22.0 Å². The molecule has 0 radical (unpaired) electrons. The number of amides is 3. The van der Waals surface area contributed by atoms with Gasteiger partial charge in [-0.25, -0.2) is 4.79 Å². The lowest BCUT2D eigenvalue weighted by molar-refractivity contribution is -0.113. The first kappa shape index (κ1) is 19.1. The van der Waals surface area contributed by atoms with Crippen molar-refractivity contribution in [1.29, 1.82) is 0 Å². The molecule has 4 N–H and O–H groups in total. The molecule has 0 saturated heterocycles. The summed E-state index contributed by atoms with van der Waals surface area (Å²) < 4.78 is 0. The number of benzene rings is 2. The normalized spacial score (nSPS) is 16.2. The third-order valence-electron chi connectivity index (χ3n) is 5.22. The van der Waals surface area contributed by atoms with E-state index in [1.807, 2.05) is 60.0 Å². The fourth-order valence-corrected chi connectivity index (χ4v) is 4.69. The van der Waals surface area contributed by atoms with E-state index in [-0.39, 0.29) is 11.9 Å². The van der Waals surface area contributed by atoms with E-state index in [0.717, 1.165) is 26.9 Å². The number of fused-ring (bicyclic) bond motifs is 1. The Morgan fingerprint density at radius 2 is 1.94 bits per heavy atom. The number of hydrogen-bond donors (Lipinski definition) is 4. The molecule has 3 amide bonds. The van der Waals surface area contributed by atoms with E-state index in [1.54, 1.807) is 13.1 Å². The van der Waals surface area contributed by atoms with Gasteiger partial charge in [0, 0.05) is 21.6 Å². The van der Waals surface area contributed by atoms with Crippen LogP contribution in [0.3, 0.4) is 0 Å². The zero-order chi connectivity index (χ0) is 21.4. The number of anilines is 1. The minimum atomic E-state index is -0.533. The van der Waals surface area contributed by atoms with E-state index in [1.165, 1.54) is 11.3 Å². The molecular weight excluding hydrogens is 410 g/mol. The van der Waals surface area contributed by atoms with E-state index in [2.05, 4.69) is 26.1 Å². The zero-order valence-electron chi connectivity index (χ0n) is 16.6. The van der Waals surface area contributed by atoms with Crippen LogP contribution in [-0.2, 0) is 4.79 Å². The van der Waals surface area contributed by atoms with Crippen LogP contribution in [0.1, 0.15) is 17.8 Å². The van der Waals surface area contributed by atoms with Crippen LogP contribution in [0.2, 0.25) is 0 Å². The van der Waals surface area contributed by atoms with Gasteiger partial charge in [0.25, 0.3) is 5.91 Å². The summed E-state index contributed by atoms with van der Waals surface area (Å²) in [7, 11) is 0. The van der Waals surface area contributed by atoms with Crippen molar-refractivity contribution >= 4 is 39.9 Å². The van der Waals surface area contributed by atoms with Crippen molar-refractivity contribution in [2.75, 3.05) is 5.32 Å². The van der Waals surface area contributed by atoms with Gasteiger partial charge in [0.05, 0.1) is 23.3 Å². The third-order valence-corrected chi connectivity index (χ3v) is 6.22. The zero-order valence-corrected chi connectivity index (χ0v) is 17.4. The van der Waals surface area contributed by atoms with Gasteiger partial charge in [-0.1, -0.05) is 30.3 Å². The second-order valence-electron chi connectivity index (χ2n) is 7.30. The number of aromatic amines is 1. The lowest BCUT2D eigenvalue weighted by Gasteiger charge is -2.27. The Bertz CT molecular complexity index is 1320. The molecular formula is C23H19N5O2S. The molecule has 4 aromatic rings. The monoisotopic (exact) mass is 429 g/mol. The summed E-state index contributed by atoms with van der Waals surface area (Å²) in [5.41, 5.74) is 4.70. The molecule has 3 heterocycles. The number of aromatic nitrogens is 2. The Balaban J connectivity index is 1.46. The lowest BCUT2D eigenvalue weighted by Crippen LogP contribution is -2.45. The van der Waals surface area contributed by atoms with Crippen LogP contribution in [0.15, 0.2) is 77.4 Å². The number of nitrogens with zero attached hydrogens (tertiary/aromatic N) is 1. The second-order valence-corrected chi connectivity index (χ2v) is 8.24. The molecule has 1 aliphatic heterocycles. The van der Waals surface area contributed by atoms with E-state index in [4.69, 9.17) is 0 Å². The average molecular weight is 430 g/mol. The minimum absolute atomic E-state index is 0.271. The lowest BCUT2D eigenvalue weighted by atomic mass is 9.99. The Morgan fingerprint density at radius 1 is 1.10 bits per heavy atom. The van der Waals surface area contributed by atoms with Gasteiger partial charge in [-0.15, -0.1) is 11.3 Å². The molecule has 2 aromatic heterocycles. The van der Waals surface area contributed by atoms with Crippen molar-refractivity contribution in [3.05, 3.63) is 82.3 Å². The molecule has 1 unspecified atom stereocenters. The van der Waals surface area contributed by atoms with Gasteiger partial charge < -0.3 is 16.0 Å². The number of urea groups is 1. The number of H-pyrrole nitrogens is 1. The fourth-order valence-electron chi connectivity index (χ4n) is 3.71. The Kier molecular flexibility index (Phi) is 4.76. The third kappa shape index (κ3) is 3.69. The molecule has 0 fully saturated rings. The summed E-state index contributed by atoms with van der Waals surface area (Å²) in [6, 6.07) is 16.7. The number of allylic oxidation sites excluding steroid dienone is 1. The van der Waals surface area contributed by atoms with Gasteiger partial charge in [0.2, 0.25) is 0 Å². The quantitative estimate of drug-likeness (QED) is 0.383. The summed E-state index contributed by atoms with van der Waals surface area (Å²) in [6.07, 6.45) is 1.71.